The fourth-order valence-corrected chi connectivity index (χ4v) is 1.82. The first-order valence-electron chi connectivity index (χ1n) is 6.08. The summed E-state index contributed by atoms with van der Waals surface area (Å²) < 4.78 is 2.07. The zero-order valence-corrected chi connectivity index (χ0v) is 10.8. The van der Waals surface area contributed by atoms with E-state index in [1.165, 1.54) is 0 Å². The van der Waals surface area contributed by atoms with Crippen LogP contribution in [0, 0.1) is 0 Å². The average Bonchev–Trinajstić information content (AvgIpc) is 2.83. The van der Waals surface area contributed by atoms with Gasteiger partial charge >= 0.3 is 6.03 Å². The van der Waals surface area contributed by atoms with Gasteiger partial charge in [0, 0.05) is 24.1 Å². The number of carbonyl (C=O) groups is 1. The summed E-state index contributed by atoms with van der Waals surface area (Å²) >= 11 is 0. The molecule has 2 amide bonds. The average molecular weight is 259 g/mol. The minimum atomic E-state index is -0.568. The molecular weight excluding hydrogens is 242 g/mol. The van der Waals surface area contributed by atoms with Crippen LogP contribution in [0.25, 0.3) is 0 Å². The number of aryl methyl sites for hydroxylation is 1. The van der Waals surface area contributed by atoms with Crippen LogP contribution in [0.15, 0.2) is 36.8 Å². The van der Waals surface area contributed by atoms with Crippen molar-refractivity contribution in [3.8, 4) is 0 Å². The number of carbonyl (C=O) groups excluding carboxylic acids is 1. The molecule has 0 aliphatic heterocycles. The first-order chi connectivity index (χ1) is 9.19. The molecule has 19 heavy (non-hydrogen) atoms. The van der Waals surface area contributed by atoms with E-state index < -0.39 is 6.03 Å². The molecule has 4 N–H and O–H groups in total. The molecule has 6 heteroatoms. The number of rotatable bonds is 5. The Kier molecular flexibility index (Phi) is 4.02. The van der Waals surface area contributed by atoms with Crippen molar-refractivity contribution in [3.05, 3.63) is 42.5 Å². The quantitative estimate of drug-likeness (QED) is 0.767. The van der Waals surface area contributed by atoms with Crippen molar-refractivity contribution in [2.24, 2.45) is 5.73 Å². The zero-order valence-electron chi connectivity index (χ0n) is 10.8. The summed E-state index contributed by atoms with van der Waals surface area (Å²) in [6, 6.07) is 6.83. The van der Waals surface area contributed by atoms with Crippen LogP contribution in [0.5, 0.6) is 0 Å². The van der Waals surface area contributed by atoms with Crippen LogP contribution in [0.3, 0.4) is 0 Å². The maximum absolute atomic E-state index is 10.8. The molecule has 0 saturated heterocycles. The van der Waals surface area contributed by atoms with Gasteiger partial charge in [-0.25, -0.2) is 9.78 Å². The molecule has 0 unspecified atom stereocenters. The van der Waals surface area contributed by atoms with Gasteiger partial charge in [0.2, 0.25) is 0 Å². The number of aromatic nitrogens is 2. The number of primary amides is 1. The Bertz CT molecular complexity index is 564. The van der Waals surface area contributed by atoms with E-state index in [4.69, 9.17) is 5.73 Å². The predicted molar refractivity (Wildman–Crippen MR) is 74.9 cm³/mol. The van der Waals surface area contributed by atoms with Crippen LogP contribution in [0.1, 0.15) is 12.6 Å². The topological polar surface area (TPSA) is 85.0 Å². The van der Waals surface area contributed by atoms with Crippen molar-refractivity contribution < 1.29 is 4.79 Å². The van der Waals surface area contributed by atoms with Crippen molar-refractivity contribution in [3.63, 3.8) is 0 Å². The molecule has 0 atom stereocenters. The van der Waals surface area contributed by atoms with E-state index in [1.54, 1.807) is 6.07 Å². The van der Waals surface area contributed by atoms with E-state index in [2.05, 4.69) is 27.1 Å². The third-order valence-corrected chi connectivity index (χ3v) is 2.74. The Hall–Kier alpha value is -2.50. The lowest BCUT2D eigenvalue weighted by Gasteiger charge is -2.10. The number of benzene rings is 1. The lowest BCUT2D eigenvalue weighted by Crippen LogP contribution is -2.19. The van der Waals surface area contributed by atoms with Gasteiger partial charge in [0.05, 0.1) is 18.6 Å². The summed E-state index contributed by atoms with van der Waals surface area (Å²) in [7, 11) is 0. The minimum absolute atomic E-state index is 0.568. The second kappa shape index (κ2) is 5.90. The maximum atomic E-state index is 10.8. The fourth-order valence-electron chi connectivity index (χ4n) is 1.82. The van der Waals surface area contributed by atoms with Crippen LogP contribution >= 0.6 is 0 Å². The Morgan fingerprint density at radius 3 is 2.95 bits per heavy atom. The summed E-state index contributed by atoms with van der Waals surface area (Å²) in [6.07, 6.45) is 3.64. The number of anilines is 2. The first-order valence-corrected chi connectivity index (χ1v) is 6.08. The molecule has 0 radical (unpaired) electrons. The van der Waals surface area contributed by atoms with Gasteiger partial charge in [0.15, 0.2) is 0 Å². The summed E-state index contributed by atoms with van der Waals surface area (Å²) in [6.45, 7) is 3.64. The van der Waals surface area contributed by atoms with Crippen LogP contribution in [-0.4, -0.2) is 15.6 Å². The highest BCUT2D eigenvalue weighted by atomic mass is 16.2. The zero-order chi connectivity index (χ0) is 13.7. The van der Waals surface area contributed by atoms with Crippen molar-refractivity contribution in [1.29, 1.82) is 0 Å². The molecule has 0 spiro atoms. The molecule has 6 nitrogen and oxygen atoms in total. The molecule has 1 aromatic carbocycles. The van der Waals surface area contributed by atoms with E-state index in [0.29, 0.717) is 12.2 Å². The van der Waals surface area contributed by atoms with E-state index in [-0.39, 0.29) is 0 Å². The molecule has 1 heterocycles. The van der Waals surface area contributed by atoms with Gasteiger partial charge in [-0.2, -0.15) is 0 Å². The van der Waals surface area contributed by atoms with E-state index in [9.17, 15) is 4.79 Å². The number of nitrogens with zero attached hydrogens (tertiary/aromatic N) is 2. The number of urea groups is 1. The Labute approximate surface area is 111 Å². The third kappa shape index (κ3) is 3.48. The minimum Gasteiger partial charge on any atom is -0.379 e. The number of imidazole rings is 1. The number of hydrogen-bond acceptors (Lipinski definition) is 3. The number of amides is 2. The van der Waals surface area contributed by atoms with Gasteiger partial charge in [-0.05, 0) is 25.1 Å². The molecule has 0 saturated carbocycles. The number of nitrogens with two attached hydrogens (primary N) is 1. The molecule has 0 bridgehead atoms. The molecule has 0 aliphatic carbocycles. The molecule has 2 aromatic rings. The number of nitrogens with one attached hydrogen (secondary N) is 2. The van der Waals surface area contributed by atoms with Crippen LogP contribution in [0.2, 0.25) is 0 Å². The fraction of sp³-hybridized carbons (Fsp3) is 0.231. The van der Waals surface area contributed by atoms with Gasteiger partial charge in [0.1, 0.15) is 0 Å². The standard InChI is InChI=1S/C13H17N5O/c1-2-18-9-15-7-12(18)8-16-10-4-3-5-11(6-10)17-13(14)19/h3-7,9,16H,2,8H2,1H3,(H3,14,17,19). The Morgan fingerprint density at radius 2 is 2.21 bits per heavy atom. The lowest BCUT2D eigenvalue weighted by atomic mass is 10.2. The van der Waals surface area contributed by atoms with E-state index >= 15 is 0 Å². The third-order valence-electron chi connectivity index (χ3n) is 2.74. The monoisotopic (exact) mass is 259 g/mol. The van der Waals surface area contributed by atoms with Crippen molar-refractivity contribution in [2.45, 2.75) is 20.0 Å². The summed E-state index contributed by atoms with van der Waals surface area (Å²) in [4.78, 5) is 14.9. The maximum Gasteiger partial charge on any atom is 0.316 e. The van der Waals surface area contributed by atoms with Crippen LogP contribution in [0.4, 0.5) is 16.2 Å². The van der Waals surface area contributed by atoms with Crippen molar-refractivity contribution in [1.82, 2.24) is 9.55 Å². The molecule has 100 valence electrons. The summed E-state index contributed by atoms with van der Waals surface area (Å²) in [5.74, 6) is 0. The highest BCUT2D eigenvalue weighted by Crippen LogP contribution is 2.15. The SMILES string of the molecule is CCn1cncc1CNc1cccc(NC(N)=O)c1. The summed E-state index contributed by atoms with van der Waals surface area (Å²) in [5.41, 5.74) is 7.77. The van der Waals surface area contributed by atoms with Crippen molar-refractivity contribution >= 4 is 17.4 Å². The highest BCUT2D eigenvalue weighted by molar-refractivity contribution is 5.88. The van der Waals surface area contributed by atoms with Crippen LogP contribution in [-0.2, 0) is 13.1 Å². The Morgan fingerprint density at radius 1 is 1.42 bits per heavy atom. The van der Waals surface area contributed by atoms with Gasteiger partial charge in [-0.1, -0.05) is 6.07 Å². The molecule has 0 aliphatic rings. The van der Waals surface area contributed by atoms with E-state index in [0.717, 1.165) is 17.9 Å². The van der Waals surface area contributed by atoms with Crippen molar-refractivity contribution in [2.75, 3.05) is 10.6 Å². The largest absolute Gasteiger partial charge is 0.379 e. The van der Waals surface area contributed by atoms with Gasteiger partial charge in [-0.3, -0.25) is 0 Å². The second-order valence-corrected chi connectivity index (χ2v) is 4.09. The lowest BCUT2D eigenvalue weighted by molar-refractivity contribution is 0.259. The molecular formula is C13H17N5O. The van der Waals surface area contributed by atoms with Gasteiger partial charge in [-0.15, -0.1) is 0 Å². The van der Waals surface area contributed by atoms with Gasteiger partial charge in [0.25, 0.3) is 0 Å². The first kappa shape index (κ1) is 12.9. The predicted octanol–water partition coefficient (Wildman–Crippen LogP) is 2.01. The number of hydrogen-bond donors (Lipinski definition) is 3. The molecule has 2 rings (SSSR count). The molecule has 0 fully saturated rings. The van der Waals surface area contributed by atoms with Gasteiger partial charge < -0.3 is 20.9 Å². The molecule has 1 aromatic heterocycles. The second-order valence-electron chi connectivity index (χ2n) is 4.09. The smallest absolute Gasteiger partial charge is 0.316 e. The Balaban J connectivity index is 2.01. The van der Waals surface area contributed by atoms with E-state index in [1.807, 2.05) is 30.7 Å². The normalized spacial score (nSPS) is 10.2. The summed E-state index contributed by atoms with van der Waals surface area (Å²) in [5, 5.41) is 5.82. The van der Waals surface area contributed by atoms with Crippen LogP contribution < -0.4 is 16.4 Å². The highest BCUT2D eigenvalue weighted by Gasteiger charge is 2.01.